The molecule has 0 saturated heterocycles. The Morgan fingerprint density at radius 3 is 2.11 bits per heavy atom. The number of methoxy groups -OCH3 is 2. The minimum atomic E-state index is -0.982. The van der Waals surface area contributed by atoms with E-state index in [1.807, 2.05) is 30.3 Å². The Labute approximate surface area is 161 Å². The Kier molecular flexibility index (Phi) is 5.49. The van der Waals surface area contributed by atoms with Crippen molar-refractivity contribution in [2.45, 2.75) is 6.04 Å². The van der Waals surface area contributed by atoms with Gasteiger partial charge >= 0.3 is 11.9 Å². The van der Waals surface area contributed by atoms with Crippen molar-refractivity contribution < 1.29 is 24.0 Å². The van der Waals surface area contributed by atoms with Crippen LogP contribution in [0.15, 0.2) is 59.6 Å². The van der Waals surface area contributed by atoms with Crippen LogP contribution in [0.5, 0.6) is 0 Å². The van der Waals surface area contributed by atoms with E-state index in [-0.39, 0.29) is 5.69 Å². The van der Waals surface area contributed by atoms with Gasteiger partial charge in [-0.25, -0.2) is 0 Å². The first-order valence-electron chi connectivity index (χ1n) is 8.51. The smallest absolute Gasteiger partial charge is 0.315 e. The molecular weight excluding hydrogens is 364 g/mol. The highest BCUT2D eigenvalue weighted by Crippen LogP contribution is 2.41. The molecule has 1 aliphatic rings. The third kappa shape index (κ3) is 3.48. The maximum atomic E-state index is 12.6. The number of nitro benzene ring substituents is 1. The lowest BCUT2D eigenvalue weighted by atomic mass is 9.82. The molecule has 2 aromatic carbocycles. The monoisotopic (exact) mass is 382 g/mol. The summed E-state index contributed by atoms with van der Waals surface area (Å²) in [5.74, 6) is -3.08. The average molecular weight is 382 g/mol. The summed E-state index contributed by atoms with van der Waals surface area (Å²) in [5, 5.41) is 10.9. The molecule has 8 nitrogen and oxygen atoms in total. The summed E-state index contributed by atoms with van der Waals surface area (Å²) < 4.78 is 9.86. The average Bonchev–Trinajstić information content (AvgIpc) is 3.14. The van der Waals surface area contributed by atoms with Crippen LogP contribution in [0.2, 0.25) is 0 Å². The number of benzene rings is 2. The lowest BCUT2D eigenvalue weighted by Gasteiger charge is -2.21. The van der Waals surface area contributed by atoms with Gasteiger partial charge in [0.05, 0.1) is 30.9 Å². The molecule has 0 radical (unpaired) electrons. The SMILES string of the molecule is COC(=O)[C@@H]1C(c2ccc([N+](=O)[O-])cc2)=N[C@@H](c2ccccc2)[C@H]1C(=O)OC. The van der Waals surface area contributed by atoms with Gasteiger partial charge in [0.1, 0.15) is 11.8 Å². The van der Waals surface area contributed by atoms with E-state index in [0.29, 0.717) is 11.3 Å². The van der Waals surface area contributed by atoms with Crippen LogP contribution in [0.25, 0.3) is 0 Å². The molecule has 1 heterocycles. The zero-order chi connectivity index (χ0) is 20.3. The van der Waals surface area contributed by atoms with Gasteiger partial charge in [-0.2, -0.15) is 0 Å². The summed E-state index contributed by atoms with van der Waals surface area (Å²) in [6, 6.07) is 14.1. The molecule has 1 aliphatic heterocycles. The Morgan fingerprint density at radius 1 is 0.964 bits per heavy atom. The minimum Gasteiger partial charge on any atom is -0.469 e. The first-order valence-corrected chi connectivity index (χ1v) is 8.51. The van der Waals surface area contributed by atoms with Crippen LogP contribution in [0, 0.1) is 22.0 Å². The largest absolute Gasteiger partial charge is 0.469 e. The van der Waals surface area contributed by atoms with Crippen LogP contribution >= 0.6 is 0 Å². The van der Waals surface area contributed by atoms with E-state index in [1.54, 1.807) is 0 Å². The third-order valence-electron chi connectivity index (χ3n) is 4.72. The van der Waals surface area contributed by atoms with Gasteiger partial charge in [0.15, 0.2) is 0 Å². The first-order chi connectivity index (χ1) is 13.5. The molecule has 0 fully saturated rings. The van der Waals surface area contributed by atoms with Crippen molar-refractivity contribution in [1.29, 1.82) is 0 Å². The molecule has 144 valence electrons. The molecular formula is C20H18N2O6. The topological polar surface area (TPSA) is 108 Å². The number of carbonyl (C=O) groups excluding carboxylic acids is 2. The number of nitrogens with zero attached hydrogens (tertiary/aromatic N) is 2. The number of non-ortho nitro benzene ring substituents is 1. The molecule has 28 heavy (non-hydrogen) atoms. The van der Waals surface area contributed by atoms with Crippen LogP contribution < -0.4 is 0 Å². The van der Waals surface area contributed by atoms with Gasteiger partial charge in [-0.3, -0.25) is 24.7 Å². The van der Waals surface area contributed by atoms with Gasteiger partial charge in [0, 0.05) is 12.1 Å². The number of aliphatic imine (C=N–C) groups is 1. The number of rotatable bonds is 5. The van der Waals surface area contributed by atoms with E-state index in [0.717, 1.165) is 5.56 Å². The Morgan fingerprint density at radius 2 is 1.57 bits per heavy atom. The first kappa shape index (κ1) is 19.2. The van der Waals surface area contributed by atoms with Gasteiger partial charge in [0.2, 0.25) is 0 Å². The van der Waals surface area contributed by atoms with Gasteiger partial charge < -0.3 is 9.47 Å². The number of carbonyl (C=O) groups is 2. The Balaban J connectivity index is 2.12. The molecule has 3 atom stereocenters. The predicted octanol–water partition coefficient (Wildman–Crippen LogP) is 2.72. The number of ether oxygens (including phenoxy) is 2. The third-order valence-corrected chi connectivity index (χ3v) is 4.72. The molecule has 3 rings (SSSR count). The van der Waals surface area contributed by atoms with Gasteiger partial charge in [0.25, 0.3) is 5.69 Å². The molecule has 0 aromatic heterocycles. The number of nitro groups is 1. The molecule has 0 saturated carbocycles. The quantitative estimate of drug-likeness (QED) is 0.447. The van der Waals surface area contributed by atoms with E-state index in [1.165, 1.54) is 38.5 Å². The Hall–Kier alpha value is -3.55. The van der Waals surface area contributed by atoms with E-state index >= 15 is 0 Å². The van der Waals surface area contributed by atoms with E-state index in [9.17, 15) is 19.7 Å². The van der Waals surface area contributed by atoms with Crippen molar-refractivity contribution >= 4 is 23.3 Å². The lowest BCUT2D eigenvalue weighted by Crippen LogP contribution is -2.35. The zero-order valence-electron chi connectivity index (χ0n) is 15.3. The normalized spacial score (nSPS) is 20.9. The van der Waals surface area contributed by atoms with Crippen LogP contribution in [0.3, 0.4) is 0 Å². The zero-order valence-corrected chi connectivity index (χ0v) is 15.3. The standard InChI is InChI=1S/C20H18N2O6/c1-27-19(23)15-16(20(24)28-2)18(13-8-10-14(11-9-13)22(25)26)21-17(15)12-6-4-3-5-7-12/h3-11,15-17H,1-2H3/t15-,16-,17-/m0/s1. The van der Waals surface area contributed by atoms with E-state index in [4.69, 9.17) is 9.47 Å². The van der Waals surface area contributed by atoms with Gasteiger partial charge in [-0.15, -0.1) is 0 Å². The van der Waals surface area contributed by atoms with Crippen molar-refractivity contribution in [3.63, 3.8) is 0 Å². The molecule has 0 aliphatic carbocycles. The van der Waals surface area contributed by atoms with Crippen molar-refractivity contribution in [3.8, 4) is 0 Å². The molecule has 0 amide bonds. The van der Waals surface area contributed by atoms with Crippen LogP contribution in [-0.4, -0.2) is 36.8 Å². The van der Waals surface area contributed by atoms with Crippen molar-refractivity contribution in [3.05, 3.63) is 75.8 Å². The second-order valence-corrected chi connectivity index (χ2v) is 6.22. The highest BCUT2D eigenvalue weighted by Gasteiger charge is 2.49. The molecule has 0 unspecified atom stereocenters. The van der Waals surface area contributed by atoms with E-state index in [2.05, 4.69) is 4.99 Å². The van der Waals surface area contributed by atoms with Gasteiger partial charge in [-0.05, 0) is 23.3 Å². The Bertz CT molecular complexity index is 923. The second kappa shape index (κ2) is 7.99. The second-order valence-electron chi connectivity index (χ2n) is 6.22. The number of hydrogen-bond donors (Lipinski definition) is 0. The summed E-state index contributed by atoms with van der Waals surface area (Å²) in [4.78, 5) is 40.2. The predicted molar refractivity (Wildman–Crippen MR) is 99.8 cm³/mol. The van der Waals surface area contributed by atoms with Crippen molar-refractivity contribution in [1.82, 2.24) is 0 Å². The van der Waals surface area contributed by atoms with Gasteiger partial charge in [-0.1, -0.05) is 30.3 Å². The highest BCUT2D eigenvalue weighted by atomic mass is 16.6. The summed E-state index contributed by atoms with van der Waals surface area (Å²) >= 11 is 0. The fourth-order valence-corrected chi connectivity index (χ4v) is 3.39. The number of esters is 2. The van der Waals surface area contributed by atoms with E-state index < -0.39 is 34.7 Å². The molecule has 2 aromatic rings. The van der Waals surface area contributed by atoms with Crippen molar-refractivity contribution in [2.24, 2.45) is 16.8 Å². The summed E-state index contributed by atoms with van der Waals surface area (Å²) in [6.45, 7) is 0. The molecule has 0 bridgehead atoms. The molecule has 0 spiro atoms. The maximum absolute atomic E-state index is 12.6. The summed E-state index contributed by atoms with van der Waals surface area (Å²) in [5.41, 5.74) is 1.52. The fraction of sp³-hybridized carbons (Fsp3) is 0.250. The minimum absolute atomic E-state index is 0.0823. The molecule has 8 heteroatoms. The summed E-state index contributed by atoms with van der Waals surface area (Å²) in [6.07, 6.45) is 0. The number of hydrogen-bond acceptors (Lipinski definition) is 7. The maximum Gasteiger partial charge on any atom is 0.315 e. The van der Waals surface area contributed by atoms with Crippen molar-refractivity contribution in [2.75, 3.05) is 14.2 Å². The fourth-order valence-electron chi connectivity index (χ4n) is 3.39. The van der Waals surface area contributed by atoms with Crippen LogP contribution in [-0.2, 0) is 19.1 Å². The van der Waals surface area contributed by atoms with Crippen LogP contribution in [0.4, 0.5) is 5.69 Å². The van der Waals surface area contributed by atoms with Crippen LogP contribution in [0.1, 0.15) is 17.2 Å². The lowest BCUT2D eigenvalue weighted by molar-refractivity contribution is -0.384. The molecule has 0 N–H and O–H groups in total. The highest BCUT2D eigenvalue weighted by molar-refractivity contribution is 6.15. The summed E-state index contributed by atoms with van der Waals surface area (Å²) in [7, 11) is 2.49.